The third-order valence-electron chi connectivity index (χ3n) is 6.17. The molecule has 0 spiro atoms. The Kier molecular flexibility index (Phi) is 7.58. The van der Waals surface area contributed by atoms with Crippen molar-refractivity contribution in [3.8, 4) is 5.75 Å². The number of para-hydroxylation sites is 1. The van der Waals surface area contributed by atoms with Gasteiger partial charge in [-0.15, -0.1) is 0 Å². The summed E-state index contributed by atoms with van der Waals surface area (Å²) in [5.74, 6) is -0.607. The Hall–Kier alpha value is -2.43. The quantitative estimate of drug-likeness (QED) is 0.367. The lowest BCUT2D eigenvalue weighted by Gasteiger charge is -2.39. The first kappa shape index (κ1) is 24.2. The van der Waals surface area contributed by atoms with Crippen LogP contribution in [0.4, 0.5) is 0 Å². The van der Waals surface area contributed by atoms with Gasteiger partial charge in [-0.05, 0) is 45.1 Å². The van der Waals surface area contributed by atoms with Crippen molar-refractivity contribution >= 4 is 17.5 Å². The first-order valence-corrected chi connectivity index (χ1v) is 11.9. The number of carbonyl (C=O) groups is 2. The molecule has 1 aromatic carbocycles. The Morgan fingerprint density at radius 2 is 1.91 bits per heavy atom. The normalized spacial score (nSPS) is 22.5. The molecule has 174 valence electrons. The van der Waals surface area contributed by atoms with Crippen LogP contribution in [-0.4, -0.2) is 30.2 Å². The Labute approximate surface area is 192 Å². The van der Waals surface area contributed by atoms with Gasteiger partial charge in [0.1, 0.15) is 11.7 Å². The van der Waals surface area contributed by atoms with Gasteiger partial charge in [0.25, 0.3) is 0 Å². The molecule has 0 bridgehead atoms. The third kappa shape index (κ3) is 5.31. The average Bonchev–Trinajstić information content (AvgIpc) is 2.69. The van der Waals surface area contributed by atoms with E-state index in [0.717, 1.165) is 30.5 Å². The summed E-state index contributed by atoms with van der Waals surface area (Å²) < 4.78 is 11.8. The predicted octanol–water partition coefficient (Wildman–Crippen LogP) is 6.02. The van der Waals surface area contributed by atoms with Gasteiger partial charge in [-0.1, -0.05) is 51.8 Å². The molecule has 0 amide bonds. The summed E-state index contributed by atoms with van der Waals surface area (Å²) in [6.07, 6.45) is 4.05. The van der Waals surface area contributed by atoms with Crippen LogP contribution in [0.1, 0.15) is 85.1 Å². The van der Waals surface area contributed by atoms with Gasteiger partial charge in [0.15, 0.2) is 5.78 Å². The summed E-state index contributed by atoms with van der Waals surface area (Å²) >= 11 is 0. The molecule has 0 aromatic heterocycles. The topological polar surface area (TPSA) is 65.0 Å². The highest BCUT2D eigenvalue weighted by atomic mass is 16.5. The van der Waals surface area contributed by atoms with E-state index in [1.54, 1.807) is 0 Å². The molecule has 1 heterocycles. The van der Waals surface area contributed by atoms with Crippen molar-refractivity contribution < 1.29 is 19.1 Å². The van der Waals surface area contributed by atoms with E-state index in [1.807, 2.05) is 45.0 Å². The summed E-state index contributed by atoms with van der Waals surface area (Å²) in [6, 6.07) is 7.74. The zero-order valence-corrected chi connectivity index (χ0v) is 20.4. The number of hydrogen-bond acceptors (Lipinski definition) is 5. The van der Waals surface area contributed by atoms with Crippen LogP contribution in [0.5, 0.6) is 5.75 Å². The molecule has 2 atom stereocenters. The van der Waals surface area contributed by atoms with Gasteiger partial charge in [0, 0.05) is 34.9 Å². The van der Waals surface area contributed by atoms with E-state index in [9.17, 15) is 9.59 Å². The minimum absolute atomic E-state index is 0.0246. The molecule has 5 nitrogen and oxygen atoms in total. The summed E-state index contributed by atoms with van der Waals surface area (Å²) in [6.45, 7) is 12.5. The Morgan fingerprint density at radius 1 is 1.19 bits per heavy atom. The zero-order chi connectivity index (χ0) is 23.5. The number of ketones is 1. The van der Waals surface area contributed by atoms with Crippen molar-refractivity contribution in [3.63, 3.8) is 0 Å². The average molecular weight is 440 g/mol. The molecule has 32 heavy (non-hydrogen) atoms. The van der Waals surface area contributed by atoms with E-state index in [0.29, 0.717) is 36.5 Å². The second-order valence-corrected chi connectivity index (χ2v) is 10.1. The molecule has 0 saturated heterocycles. The van der Waals surface area contributed by atoms with Gasteiger partial charge in [0.2, 0.25) is 0 Å². The van der Waals surface area contributed by atoms with Gasteiger partial charge >= 0.3 is 5.97 Å². The standard InChI is InChI=1S/C27H37NO4/c1-7-8-11-14-31-26(30)23-18(4)28-20-15-27(5,6)16-21(29)25(20)24(23)19-12-9-10-13-22(19)32-17(2)3/h9-10,12-13,17,23-24H,7-8,11,14-16H2,1-6H3/t23?,24-/m0/s1. The number of benzene rings is 1. The molecule has 0 fully saturated rings. The van der Waals surface area contributed by atoms with Crippen LogP contribution in [0, 0.1) is 11.3 Å². The van der Waals surface area contributed by atoms with E-state index < -0.39 is 11.8 Å². The van der Waals surface area contributed by atoms with E-state index in [-0.39, 0.29) is 23.3 Å². The van der Waals surface area contributed by atoms with Crippen LogP contribution < -0.4 is 4.74 Å². The molecular weight excluding hydrogens is 402 g/mol. The summed E-state index contributed by atoms with van der Waals surface area (Å²) in [5.41, 5.74) is 2.88. The summed E-state index contributed by atoms with van der Waals surface area (Å²) in [5, 5.41) is 0. The van der Waals surface area contributed by atoms with E-state index in [2.05, 4.69) is 20.8 Å². The number of rotatable bonds is 8. The molecule has 5 heteroatoms. The first-order valence-electron chi connectivity index (χ1n) is 11.9. The number of carbonyl (C=O) groups excluding carboxylic acids is 2. The molecule has 1 aliphatic carbocycles. The van der Waals surface area contributed by atoms with Gasteiger partial charge in [0.05, 0.1) is 12.7 Å². The van der Waals surface area contributed by atoms with Crippen LogP contribution in [-0.2, 0) is 14.3 Å². The maximum absolute atomic E-state index is 13.4. The SMILES string of the molecule is CCCCCOC(=O)C1C(C)=NC2=C(C(=O)CC(C)(C)C2)[C@H]1c1ccccc1OC(C)C. The second kappa shape index (κ2) is 10.0. The monoisotopic (exact) mass is 439 g/mol. The number of unbranched alkanes of at least 4 members (excludes halogenated alkanes) is 2. The van der Waals surface area contributed by atoms with Crippen molar-refractivity contribution in [2.45, 2.75) is 85.7 Å². The highest BCUT2D eigenvalue weighted by Gasteiger charge is 2.46. The maximum Gasteiger partial charge on any atom is 0.315 e. The fourth-order valence-corrected chi connectivity index (χ4v) is 4.80. The van der Waals surface area contributed by atoms with Crippen LogP contribution in [0.25, 0.3) is 0 Å². The molecule has 1 aromatic rings. The largest absolute Gasteiger partial charge is 0.491 e. The lowest BCUT2D eigenvalue weighted by molar-refractivity contribution is -0.146. The minimum atomic E-state index is -0.627. The minimum Gasteiger partial charge on any atom is -0.491 e. The highest BCUT2D eigenvalue weighted by molar-refractivity contribution is 6.09. The molecule has 1 unspecified atom stereocenters. The zero-order valence-electron chi connectivity index (χ0n) is 20.4. The second-order valence-electron chi connectivity index (χ2n) is 10.1. The van der Waals surface area contributed by atoms with E-state index in [4.69, 9.17) is 14.5 Å². The molecule has 0 radical (unpaired) electrons. The maximum atomic E-state index is 13.4. The van der Waals surface area contributed by atoms with Crippen LogP contribution in [0.15, 0.2) is 40.5 Å². The summed E-state index contributed by atoms with van der Waals surface area (Å²) in [7, 11) is 0. The number of aliphatic imine (C=N–C) groups is 1. The Morgan fingerprint density at radius 3 is 2.59 bits per heavy atom. The van der Waals surface area contributed by atoms with Crippen LogP contribution >= 0.6 is 0 Å². The number of nitrogens with zero attached hydrogens (tertiary/aromatic N) is 1. The third-order valence-corrected chi connectivity index (χ3v) is 6.17. The lowest BCUT2D eigenvalue weighted by atomic mass is 9.66. The molecule has 0 saturated carbocycles. The highest BCUT2D eigenvalue weighted by Crippen LogP contribution is 2.49. The number of esters is 1. The van der Waals surface area contributed by atoms with Crippen molar-refractivity contribution in [2.24, 2.45) is 16.3 Å². The van der Waals surface area contributed by atoms with Gasteiger partial charge in [-0.2, -0.15) is 0 Å². The summed E-state index contributed by atoms with van der Waals surface area (Å²) in [4.78, 5) is 31.5. The molecule has 0 N–H and O–H groups in total. The number of Topliss-reactive ketones (excluding diaryl/α,β-unsaturated/α-hetero) is 1. The number of hydrogen-bond donors (Lipinski definition) is 0. The fourth-order valence-electron chi connectivity index (χ4n) is 4.80. The number of ether oxygens (including phenoxy) is 2. The molecule has 2 aliphatic rings. The fraction of sp³-hybridized carbons (Fsp3) is 0.593. The van der Waals surface area contributed by atoms with Gasteiger partial charge in [-0.3, -0.25) is 14.6 Å². The van der Waals surface area contributed by atoms with Crippen molar-refractivity contribution in [3.05, 3.63) is 41.1 Å². The van der Waals surface area contributed by atoms with Crippen molar-refractivity contribution in [2.75, 3.05) is 6.61 Å². The van der Waals surface area contributed by atoms with Crippen molar-refractivity contribution in [1.82, 2.24) is 0 Å². The lowest BCUT2D eigenvalue weighted by Crippen LogP contribution is -2.39. The first-order chi connectivity index (χ1) is 15.1. The predicted molar refractivity (Wildman–Crippen MR) is 127 cm³/mol. The molecule has 1 aliphatic heterocycles. The smallest absolute Gasteiger partial charge is 0.315 e. The Bertz CT molecular complexity index is 925. The van der Waals surface area contributed by atoms with Gasteiger partial charge < -0.3 is 9.47 Å². The Balaban J connectivity index is 2.08. The van der Waals surface area contributed by atoms with Gasteiger partial charge in [-0.25, -0.2) is 0 Å². The number of allylic oxidation sites excluding steroid dienone is 2. The molecular formula is C27H37NO4. The van der Waals surface area contributed by atoms with Crippen LogP contribution in [0.3, 0.4) is 0 Å². The van der Waals surface area contributed by atoms with Crippen LogP contribution in [0.2, 0.25) is 0 Å². The van der Waals surface area contributed by atoms with E-state index >= 15 is 0 Å². The van der Waals surface area contributed by atoms with E-state index in [1.165, 1.54) is 0 Å². The van der Waals surface area contributed by atoms with Crippen molar-refractivity contribution in [1.29, 1.82) is 0 Å². The molecule has 3 rings (SSSR count).